The van der Waals surface area contributed by atoms with E-state index in [2.05, 4.69) is 27.4 Å². The van der Waals surface area contributed by atoms with Gasteiger partial charge in [0.25, 0.3) is 5.91 Å². The van der Waals surface area contributed by atoms with Crippen LogP contribution in [0.3, 0.4) is 0 Å². The van der Waals surface area contributed by atoms with Gasteiger partial charge >= 0.3 is 0 Å². The average molecular weight is 627 g/mol. The highest BCUT2D eigenvalue weighted by molar-refractivity contribution is 6.02. The third-order valence-corrected chi connectivity index (χ3v) is 9.23. The molecule has 2 fully saturated rings. The molecule has 0 aliphatic carbocycles. The molecule has 4 heterocycles. The molecule has 2 N–H and O–H groups in total. The number of benzene rings is 3. The van der Waals surface area contributed by atoms with Crippen LogP contribution in [-0.4, -0.2) is 61.6 Å². The smallest absolute Gasteiger partial charge is 0.254 e. The van der Waals surface area contributed by atoms with Crippen LogP contribution in [-0.2, 0) is 9.59 Å². The van der Waals surface area contributed by atoms with Crippen molar-refractivity contribution in [3.05, 3.63) is 103 Å². The van der Waals surface area contributed by atoms with Crippen molar-refractivity contribution in [2.24, 2.45) is 5.92 Å². The first-order valence-corrected chi connectivity index (χ1v) is 16.4. The van der Waals surface area contributed by atoms with Gasteiger partial charge in [-0.3, -0.25) is 14.4 Å². The van der Waals surface area contributed by atoms with Crippen LogP contribution in [0, 0.1) is 5.92 Å². The molecule has 2 saturated heterocycles. The van der Waals surface area contributed by atoms with Crippen LogP contribution in [0.25, 0.3) is 33.4 Å². The minimum atomic E-state index is -0.498. The van der Waals surface area contributed by atoms with Gasteiger partial charge in [-0.1, -0.05) is 62.4 Å². The van der Waals surface area contributed by atoms with Gasteiger partial charge in [0.2, 0.25) is 11.8 Å². The van der Waals surface area contributed by atoms with Crippen LogP contribution in [0.5, 0.6) is 0 Å². The lowest BCUT2D eigenvalue weighted by Crippen LogP contribution is -2.43. The number of aromatic amines is 1. The molecule has 2 aromatic heterocycles. The zero-order chi connectivity index (χ0) is 32.5. The molecule has 9 nitrogen and oxygen atoms in total. The Morgan fingerprint density at radius 2 is 1.60 bits per heavy atom. The van der Waals surface area contributed by atoms with Gasteiger partial charge in [0.15, 0.2) is 0 Å². The fourth-order valence-corrected chi connectivity index (χ4v) is 6.74. The Hall–Kier alpha value is -5.31. The van der Waals surface area contributed by atoms with E-state index in [0.717, 1.165) is 65.0 Å². The number of fused-ring (bicyclic) bond motifs is 1. The SMILES string of the molecule is CC(C)C(=O)N1CCCC1c1ncc(-c2ccc(-c3ccc4cc(NC(=O)[C@@H]5CCCN5C(=O)c5ccccc5)ccc4n3)cc2)[nH]1. The average Bonchev–Trinajstić information content (AvgIpc) is 3.89. The summed E-state index contributed by atoms with van der Waals surface area (Å²) in [6, 6.07) is 26.5. The molecule has 9 heteroatoms. The minimum absolute atomic E-state index is 0.00481. The molecule has 0 saturated carbocycles. The van der Waals surface area contributed by atoms with Gasteiger partial charge in [-0.25, -0.2) is 9.97 Å². The number of carbonyl (C=O) groups excluding carboxylic acids is 3. The summed E-state index contributed by atoms with van der Waals surface area (Å²) in [6.45, 7) is 5.23. The highest BCUT2D eigenvalue weighted by Gasteiger charge is 2.35. The van der Waals surface area contributed by atoms with E-state index in [1.165, 1.54) is 0 Å². The van der Waals surface area contributed by atoms with Gasteiger partial charge in [0.05, 0.1) is 29.1 Å². The quantitative estimate of drug-likeness (QED) is 0.205. The zero-order valence-corrected chi connectivity index (χ0v) is 26.6. The molecular weight excluding hydrogens is 588 g/mol. The summed E-state index contributed by atoms with van der Waals surface area (Å²) in [5, 5.41) is 3.94. The van der Waals surface area contributed by atoms with Gasteiger partial charge in [0.1, 0.15) is 11.9 Å². The van der Waals surface area contributed by atoms with E-state index in [4.69, 9.17) is 4.98 Å². The van der Waals surface area contributed by atoms with Gasteiger partial charge in [-0.15, -0.1) is 0 Å². The maximum Gasteiger partial charge on any atom is 0.254 e. The summed E-state index contributed by atoms with van der Waals surface area (Å²) in [5.74, 6) is 0.687. The number of carbonyl (C=O) groups is 3. The third kappa shape index (κ3) is 6.13. The van der Waals surface area contributed by atoms with E-state index in [9.17, 15) is 14.4 Å². The van der Waals surface area contributed by atoms with Crippen LogP contribution in [0.2, 0.25) is 0 Å². The predicted octanol–water partition coefficient (Wildman–Crippen LogP) is 6.85. The van der Waals surface area contributed by atoms with Crippen molar-refractivity contribution in [1.82, 2.24) is 24.8 Å². The molecule has 238 valence electrons. The summed E-state index contributed by atoms with van der Waals surface area (Å²) in [7, 11) is 0. The number of nitrogens with zero attached hydrogens (tertiary/aromatic N) is 4. The molecule has 3 aromatic carbocycles. The molecule has 5 aromatic rings. The zero-order valence-electron chi connectivity index (χ0n) is 26.6. The number of hydrogen-bond donors (Lipinski definition) is 2. The lowest BCUT2D eigenvalue weighted by atomic mass is 10.1. The monoisotopic (exact) mass is 626 g/mol. The lowest BCUT2D eigenvalue weighted by Gasteiger charge is -2.25. The molecule has 3 amide bonds. The van der Waals surface area contributed by atoms with Crippen LogP contribution in [0.4, 0.5) is 5.69 Å². The number of likely N-dealkylation sites (tertiary alicyclic amines) is 2. The standard InChI is InChI=1S/C38H38N6O3/c1-24(2)37(46)43-20-6-10-33(43)35-39-23-32(42-35)26-14-12-25(13-15-26)30-18-16-28-22-29(17-19-31(28)41-30)40-36(45)34-11-7-21-44(34)38(47)27-8-4-3-5-9-27/h3-5,8-9,12-19,22-24,33-34H,6-7,10-11,20-21H2,1-2H3,(H,39,42)(H,40,45)/t33?,34-/m0/s1. The maximum absolute atomic E-state index is 13.3. The van der Waals surface area contributed by atoms with Crippen molar-refractivity contribution in [3.63, 3.8) is 0 Å². The Bertz CT molecular complexity index is 1930. The summed E-state index contributed by atoms with van der Waals surface area (Å²) < 4.78 is 0. The molecule has 47 heavy (non-hydrogen) atoms. The van der Waals surface area contributed by atoms with Crippen LogP contribution < -0.4 is 5.32 Å². The van der Waals surface area contributed by atoms with Crippen LogP contribution in [0.15, 0.2) is 91.1 Å². The van der Waals surface area contributed by atoms with Crippen molar-refractivity contribution in [2.45, 2.75) is 51.6 Å². The van der Waals surface area contributed by atoms with Gasteiger partial charge in [-0.2, -0.15) is 0 Å². The molecule has 0 bridgehead atoms. The summed E-state index contributed by atoms with van der Waals surface area (Å²) in [4.78, 5) is 55.6. The van der Waals surface area contributed by atoms with Crippen LogP contribution in [0.1, 0.15) is 61.8 Å². The fraction of sp³-hybridized carbons (Fsp3) is 0.289. The van der Waals surface area contributed by atoms with E-state index in [0.29, 0.717) is 24.2 Å². The fourth-order valence-electron chi connectivity index (χ4n) is 6.74. The summed E-state index contributed by atoms with van der Waals surface area (Å²) in [6.07, 6.45) is 5.18. The molecule has 2 aliphatic heterocycles. The first-order valence-electron chi connectivity index (χ1n) is 16.4. The number of anilines is 1. The van der Waals surface area contributed by atoms with E-state index in [1.54, 1.807) is 17.0 Å². The Kier molecular flexibility index (Phi) is 8.28. The first kappa shape index (κ1) is 30.3. The molecule has 7 rings (SSSR count). The molecule has 2 aliphatic rings. The predicted molar refractivity (Wildman–Crippen MR) is 182 cm³/mol. The molecular formula is C38H38N6O3. The van der Waals surface area contributed by atoms with E-state index >= 15 is 0 Å². The van der Waals surface area contributed by atoms with E-state index in [1.807, 2.05) is 85.6 Å². The maximum atomic E-state index is 13.3. The third-order valence-electron chi connectivity index (χ3n) is 9.23. The number of H-pyrrole nitrogens is 1. The Morgan fingerprint density at radius 3 is 2.38 bits per heavy atom. The first-order chi connectivity index (χ1) is 22.9. The molecule has 0 spiro atoms. The highest BCUT2D eigenvalue weighted by Crippen LogP contribution is 2.33. The van der Waals surface area contributed by atoms with E-state index < -0.39 is 6.04 Å². The van der Waals surface area contributed by atoms with Crippen molar-refractivity contribution >= 4 is 34.3 Å². The molecule has 1 unspecified atom stereocenters. The van der Waals surface area contributed by atoms with Gasteiger partial charge in [-0.05, 0) is 67.6 Å². The number of aromatic nitrogens is 3. The van der Waals surface area contributed by atoms with Crippen molar-refractivity contribution in [2.75, 3.05) is 18.4 Å². The molecule has 0 radical (unpaired) electrons. The van der Waals surface area contributed by atoms with Gasteiger partial charge < -0.3 is 20.1 Å². The van der Waals surface area contributed by atoms with Crippen molar-refractivity contribution in [3.8, 4) is 22.5 Å². The number of imidazole rings is 1. The summed E-state index contributed by atoms with van der Waals surface area (Å²) >= 11 is 0. The highest BCUT2D eigenvalue weighted by atomic mass is 16.2. The second-order valence-corrected chi connectivity index (χ2v) is 12.7. The second-order valence-electron chi connectivity index (χ2n) is 12.7. The number of rotatable bonds is 7. The molecule has 2 atom stereocenters. The van der Waals surface area contributed by atoms with Crippen molar-refractivity contribution in [1.29, 1.82) is 0 Å². The number of nitrogens with one attached hydrogen (secondary N) is 2. The minimum Gasteiger partial charge on any atom is -0.340 e. The largest absolute Gasteiger partial charge is 0.340 e. The number of hydrogen-bond acceptors (Lipinski definition) is 5. The normalized spacial score (nSPS) is 17.9. The second kappa shape index (κ2) is 12.8. The van der Waals surface area contributed by atoms with Gasteiger partial charge in [0, 0.05) is 41.2 Å². The Labute approximate surface area is 274 Å². The lowest BCUT2D eigenvalue weighted by molar-refractivity contribution is -0.135. The van der Waals surface area contributed by atoms with Crippen molar-refractivity contribution < 1.29 is 14.4 Å². The van der Waals surface area contributed by atoms with Crippen LogP contribution >= 0.6 is 0 Å². The van der Waals surface area contributed by atoms with E-state index in [-0.39, 0.29) is 29.7 Å². The summed E-state index contributed by atoms with van der Waals surface area (Å²) in [5.41, 5.74) is 5.86. The Morgan fingerprint density at radius 1 is 0.851 bits per heavy atom. The topological polar surface area (TPSA) is 111 Å². The Balaban J connectivity index is 1.02. The number of amides is 3. The number of pyridine rings is 1.